The maximum atomic E-state index is 13.7. The lowest BCUT2D eigenvalue weighted by atomic mass is 10.0. The molecule has 0 aliphatic carbocycles. The highest BCUT2D eigenvalue weighted by Crippen LogP contribution is 2.32. The molecule has 0 bridgehead atoms. The number of fused-ring (bicyclic) bond motifs is 1. The highest BCUT2D eigenvalue weighted by Gasteiger charge is 2.29. The van der Waals surface area contributed by atoms with Gasteiger partial charge in [-0.15, -0.1) is 0 Å². The van der Waals surface area contributed by atoms with Crippen LogP contribution >= 0.6 is 0 Å². The van der Waals surface area contributed by atoms with E-state index in [1.165, 1.54) is 6.33 Å². The van der Waals surface area contributed by atoms with Gasteiger partial charge in [-0.1, -0.05) is 36.4 Å². The first-order valence-electron chi connectivity index (χ1n) is 15.8. The summed E-state index contributed by atoms with van der Waals surface area (Å²) >= 11 is 0. The van der Waals surface area contributed by atoms with E-state index in [4.69, 9.17) is 26.7 Å². The molecule has 2 heterocycles. The Morgan fingerprint density at radius 3 is 2.27 bits per heavy atom. The van der Waals surface area contributed by atoms with Crippen LogP contribution in [0.4, 0.5) is 0 Å². The average Bonchev–Trinajstić information content (AvgIpc) is 3.76. The maximum Gasteiger partial charge on any atom is 0.243 e. The van der Waals surface area contributed by atoms with Gasteiger partial charge in [0.25, 0.3) is 0 Å². The van der Waals surface area contributed by atoms with Crippen LogP contribution in [0.1, 0.15) is 48.9 Å². The predicted octanol–water partition coefficient (Wildman–Crippen LogP) is 0.330. The Hall–Kier alpha value is -5.60. The third kappa shape index (κ3) is 11.3. The number of carbonyl (C=O) groups excluding carboxylic acids is 4. The standard InChI is InChI=1S/C33H43N9O6/c34-30(44)24(10-6-14-38-33(35)36)41-31(45)25(15-21-7-2-1-3-8-21)42-32(46)26(17-23-18-37-19-39-23)40-29(43)11-5-4-9-22-12-13-27-28(16-22)48-20-47-27/h1-3,7-8,12-13,16,18-19,24-26H,4-6,9-11,14-15,17,20H2,(H2,34,44)(H,37,39)(H,40,43)(H,41,45)(H,42,46)(H4,35,36,38)/t24-,25-,26+/m1/s1. The van der Waals surface area contributed by atoms with Crippen molar-refractivity contribution in [1.82, 2.24) is 25.9 Å². The number of nitrogens with zero attached hydrogens (tertiary/aromatic N) is 2. The molecule has 2 aromatic carbocycles. The molecule has 256 valence electrons. The number of imidazole rings is 1. The van der Waals surface area contributed by atoms with E-state index in [0.29, 0.717) is 24.3 Å². The largest absolute Gasteiger partial charge is 0.454 e. The van der Waals surface area contributed by atoms with Crippen molar-refractivity contribution in [2.75, 3.05) is 13.3 Å². The minimum atomic E-state index is -1.08. The lowest BCUT2D eigenvalue weighted by molar-refractivity contribution is -0.133. The summed E-state index contributed by atoms with van der Waals surface area (Å²) in [4.78, 5) is 63.3. The van der Waals surface area contributed by atoms with Crippen LogP contribution in [0.2, 0.25) is 0 Å². The Bertz CT molecular complexity index is 1540. The zero-order valence-electron chi connectivity index (χ0n) is 26.7. The number of guanidine groups is 1. The van der Waals surface area contributed by atoms with Crippen molar-refractivity contribution in [3.8, 4) is 11.5 Å². The Kier molecular flexibility index (Phi) is 13.2. The number of aryl methyl sites for hydroxylation is 1. The highest BCUT2D eigenvalue weighted by atomic mass is 16.7. The summed E-state index contributed by atoms with van der Waals surface area (Å²) in [6.07, 6.45) is 6.15. The van der Waals surface area contributed by atoms with Gasteiger partial charge in [0, 0.05) is 37.7 Å². The first-order valence-corrected chi connectivity index (χ1v) is 15.8. The number of hydrogen-bond donors (Lipinski definition) is 7. The lowest BCUT2D eigenvalue weighted by Gasteiger charge is -2.25. The number of primary amides is 1. The van der Waals surface area contributed by atoms with Crippen molar-refractivity contribution < 1.29 is 28.7 Å². The second kappa shape index (κ2) is 17.9. The van der Waals surface area contributed by atoms with Gasteiger partial charge in [0.05, 0.1) is 6.33 Å². The SMILES string of the molecule is NC(=O)[C@@H](CCCN=C(N)N)NC(=O)[C@@H](Cc1ccccc1)NC(=O)[C@H](Cc1cnc[nH]1)NC(=O)CCCCc1ccc2c(c1)OCO2. The van der Waals surface area contributed by atoms with E-state index < -0.39 is 35.8 Å². The molecule has 0 unspecified atom stereocenters. The zero-order chi connectivity index (χ0) is 34.3. The molecule has 15 nitrogen and oxygen atoms in total. The summed E-state index contributed by atoms with van der Waals surface area (Å²) in [5.74, 6) is -0.871. The van der Waals surface area contributed by atoms with Crippen molar-refractivity contribution in [3.05, 3.63) is 77.9 Å². The number of rotatable bonds is 19. The van der Waals surface area contributed by atoms with Crippen LogP contribution in [0.25, 0.3) is 0 Å². The predicted molar refractivity (Wildman–Crippen MR) is 177 cm³/mol. The summed E-state index contributed by atoms with van der Waals surface area (Å²) in [5.41, 5.74) is 18.8. The second-order valence-corrected chi connectivity index (χ2v) is 11.5. The molecule has 4 rings (SSSR count). The van der Waals surface area contributed by atoms with E-state index in [9.17, 15) is 19.2 Å². The molecular formula is C33H43N9O6. The number of nitrogens with one attached hydrogen (secondary N) is 4. The molecular weight excluding hydrogens is 618 g/mol. The number of benzene rings is 2. The van der Waals surface area contributed by atoms with E-state index in [0.717, 1.165) is 29.7 Å². The summed E-state index contributed by atoms with van der Waals surface area (Å²) in [7, 11) is 0. The number of aliphatic imine (C=N–C) groups is 1. The summed E-state index contributed by atoms with van der Waals surface area (Å²) in [6.45, 7) is 0.458. The van der Waals surface area contributed by atoms with Gasteiger partial charge in [-0.05, 0) is 55.4 Å². The number of amides is 4. The van der Waals surface area contributed by atoms with Crippen LogP contribution in [0.15, 0.2) is 66.0 Å². The van der Waals surface area contributed by atoms with Crippen LogP contribution < -0.4 is 42.6 Å². The summed E-state index contributed by atoms with van der Waals surface area (Å²) in [5, 5.41) is 8.27. The van der Waals surface area contributed by atoms with E-state index in [2.05, 4.69) is 30.9 Å². The van der Waals surface area contributed by atoms with Crippen LogP contribution in [-0.2, 0) is 38.4 Å². The Labute approximate surface area is 278 Å². The van der Waals surface area contributed by atoms with E-state index >= 15 is 0 Å². The van der Waals surface area contributed by atoms with Crippen molar-refractivity contribution in [1.29, 1.82) is 0 Å². The third-order valence-electron chi connectivity index (χ3n) is 7.71. The first kappa shape index (κ1) is 35.3. The Balaban J connectivity index is 1.39. The Morgan fingerprint density at radius 1 is 0.833 bits per heavy atom. The normalized spacial score (nSPS) is 13.5. The van der Waals surface area contributed by atoms with E-state index in [-0.39, 0.29) is 50.9 Å². The maximum absolute atomic E-state index is 13.7. The van der Waals surface area contributed by atoms with Crippen molar-refractivity contribution >= 4 is 29.6 Å². The smallest absolute Gasteiger partial charge is 0.243 e. The molecule has 1 aliphatic heterocycles. The average molecular weight is 662 g/mol. The van der Waals surface area contributed by atoms with Crippen LogP contribution in [0.5, 0.6) is 11.5 Å². The number of hydrogen-bond acceptors (Lipinski definition) is 8. The fourth-order valence-corrected chi connectivity index (χ4v) is 5.20. The molecule has 1 aliphatic rings. The molecule has 48 heavy (non-hydrogen) atoms. The van der Waals surface area contributed by atoms with Crippen molar-refractivity contribution in [2.24, 2.45) is 22.2 Å². The number of aromatic nitrogens is 2. The molecule has 4 amide bonds. The number of unbranched alkanes of at least 4 members (excludes halogenated alkanes) is 1. The highest BCUT2D eigenvalue weighted by molar-refractivity contribution is 5.94. The summed E-state index contributed by atoms with van der Waals surface area (Å²) < 4.78 is 10.8. The molecule has 0 saturated carbocycles. The fourth-order valence-electron chi connectivity index (χ4n) is 5.20. The van der Waals surface area contributed by atoms with Gasteiger partial charge in [-0.3, -0.25) is 24.2 Å². The van der Waals surface area contributed by atoms with E-state index in [1.807, 2.05) is 48.5 Å². The zero-order valence-corrected chi connectivity index (χ0v) is 26.7. The number of ether oxygens (including phenoxy) is 2. The van der Waals surface area contributed by atoms with Gasteiger partial charge >= 0.3 is 0 Å². The summed E-state index contributed by atoms with van der Waals surface area (Å²) in [6, 6.07) is 11.8. The van der Waals surface area contributed by atoms with Crippen LogP contribution in [0, 0.1) is 0 Å². The third-order valence-corrected chi connectivity index (χ3v) is 7.71. The quantitative estimate of drug-likeness (QED) is 0.0531. The van der Waals surface area contributed by atoms with Crippen molar-refractivity contribution in [3.63, 3.8) is 0 Å². The van der Waals surface area contributed by atoms with E-state index in [1.54, 1.807) is 6.20 Å². The monoisotopic (exact) mass is 661 g/mol. The molecule has 0 radical (unpaired) electrons. The van der Waals surface area contributed by atoms with Crippen LogP contribution in [-0.4, -0.2) is 71.0 Å². The number of carbonyl (C=O) groups is 4. The minimum absolute atomic E-state index is 0.0849. The van der Waals surface area contributed by atoms with Gasteiger partial charge in [0.1, 0.15) is 18.1 Å². The molecule has 10 N–H and O–H groups in total. The number of H-pyrrole nitrogens is 1. The molecule has 0 fully saturated rings. The van der Waals surface area contributed by atoms with Crippen LogP contribution in [0.3, 0.4) is 0 Å². The molecule has 3 atom stereocenters. The van der Waals surface area contributed by atoms with Gasteiger partial charge in [-0.2, -0.15) is 0 Å². The van der Waals surface area contributed by atoms with Crippen molar-refractivity contribution in [2.45, 2.75) is 69.5 Å². The Morgan fingerprint density at radius 2 is 1.56 bits per heavy atom. The minimum Gasteiger partial charge on any atom is -0.454 e. The lowest BCUT2D eigenvalue weighted by Crippen LogP contribution is -2.57. The molecule has 0 saturated heterocycles. The molecule has 0 spiro atoms. The number of nitrogens with two attached hydrogens (primary N) is 3. The molecule has 3 aromatic rings. The van der Waals surface area contributed by atoms with Gasteiger partial charge in [-0.25, -0.2) is 4.98 Å². The number of aromatic amines is 1. The first-order chi connectivity index (χ1) is 23.2. The topological polar surface area (TPSA) is 242 Å². The fraction of sp³-hybridized carbons (Fsp3) is 0.394. The van der Waals surface area contributed by atoms with Gasteiger partial charge < -0.3 is 47.6 Å². The van der Waals surface area contributed by atoms with Gasteiger partial charge in [0.2, 0.25) is 30.4 Å². The molecule has 15 heteroatoms. The molecule has 1 aromatic heterocycles. The second-order valence-electron chi connectivity index (χ2n) is 11.5. The van der Waals surface area contributed by atoms with Gasteiger partial charge in [0.15, 0.2) is 17.5 Å².